The van der Waals surface area contributed by atoms with E-state index in [1.807, 2.05) is 24.3 Å². The molecular weight excluding hydrogens is 357 g/mol. The van der Waals surface area contributed by atoms with Crippen molar-refractivity contribution in [2.75, 3.05) is 26.7 Å². The number of methoxy groups -OCH3 is 1. The number of rotatable bonds is 4. The molecule has 1 unspecified atom stereocenters. The number of alkyl halides is 3. The Bertz CT molecular complexity index is 692. The second-order valence-electron chi connectivity index (χ2n) is 5.71. The van der Waals surface area contributed by atoms with E-state index in [9.17, 15) is 13.2 Å². The van der Waals surface area contributed by atoms with Crippen LogP contribution in [0, 0.1) is 0 Å². The van der Waals surface area contributed by atoms with Crippen molar-refractivity contribution >= 4 is 12.4 Å². The average Bonchev–Trinajstić information content (AvgIpc) is 3.04. The van der Waals surface area contributed by atoms with Gasteiger partial charge in [-0.05, 0) is 12.1 Å². The van der Waals surface area contributed by atoms with Crippen molar-refractivity contribution in [2.45, 2.75) is 18.8 Å². The van der Waals surface area contributed by atoms with Gasteiger partial charge >= 0.3 is 6.18 Å². The van der Waals surface area contributed by atoms with E-state index in [2.05, 4.69) is 20.4 Å². The number of aromatic nitrogens is 2. The van der Waals surface area contributed by atoms with E-state index < -0.39 is 11.9 Å². The molecule has 2 N–H and O–H groups in total. The van der Waals surface area contributed by atoms with Gasteiger partial charge in [0.2, 0.25) is 0 Å². The van der Waals surface area contributed by atoms with E-state index in [1.54, 1.807) is 7.11 Å². The maximum atomic E-state index is 12.7. The first kappa shape index (κ1) is 19.6. The number of hydrogen-bond donors (Lipinski definition) is 2. The molecule has 3 rings (SSSR count). The van der Waals surface area contributed by atoms with Crippen LogP contribution in [0.15, 0.2) is 30.3 Å². The molecule has 5 nitrogen and oxygen atoms in total. The molecule has 25 heavy (non-hydrogen) atoms. The minimum atomic E-state index is -4.43. The molecular formula is C16H20ClF3N4O. The molecule has 1 saturated heterocycles. The second-order valence-corrected chi connectivity index (χ2v) is 5.71. The van der Waals surface area contributed by atoms with Crippen LogP contribution in [-0.4, -0.2) is 41.8 Å². The van der Waals surface area contributed by atoms with E-state index in [4.69, 9.17) is 4.74 Å². The Hall–Kier alpha value is -1.77. The average molecular weight is 377 g/mol. The number of halogens is 4. The number of nitrogens with zero attached hydrogens (tertiary/aromatic N) is 2. The molecule has 1 fully saturated rings. The van der Waals surface area contributed by atoms with Crippen molar-refractivity contribution in [3.63, 3.8) is 0 Å². The number of piperazine rings is 1. The highest BCUT2D eigenvalue weighted by atomic mass is 35.5. The van der Waals surface area contributed by atoms with Crippen LogP contribution in [0.3, 0.4) is 0 Å². The van der Waals surface area contributed by atoms with Crippen molar-refractivity contribution in [3.05, 3.63) is 47.3 Å². The topological polar surface area (TPSA) is 53.2 Å². The van der Waals surface area contributed by atoms with Crippen LogP contribution in [0.4, 0.5) is 13.2 Å². The van der Waals surface area contributed by atoms with Gasteiger partial charge in [0, 0.05) is 37.4 Å². The van der Waals surface area contributed by atoms with Crippen LogP contribution >= 0.6 is 12.4 Å². The van der Waals surface area contributed by atoms with Gasteiger partial charge in [-0.1, -0.05) is 18.2 Å². The van der Waals surface area contributed by atoms with E-state index >= 15 is 0 Å². The largest absolute Gasteiger partial charge is 0.496 e. The fraction of sp³-hybridized carbons (Fsp3) is 0.438. The predicted molar refractivity (Wildman–Crippen MR) is 89.9 cm³/mol. The Balaban J connectivity index is 0.00000225. The van der Waals surface area contributed by atoms with Gasteiger partial charge in [0.25, 0.3) is 0 Å². The van der Waals surface area contributed by atoms with Crippen LogP contribution in [-0.2, 0) is 12.7 Å². The normalized spacial score (nSPS) is 18.6. The van der Waals surface area contributed by atoms with Crippen molar-refractivity contribution in [2.24, 2.45) is 0 Å². The SMILES string of the molecule is COc1ccccc1C1CNCCN1Cc1cc(C(F)(F)F)n[nH]1.Cl. The summed E-state index contributed by atoms with van der Waals surface area (Å²) in [4.78, 5) is 2.13. The summed E-state index contributed by atoms with van der Waals surface area (Å²) >= 11 is 0. The number of ether oxygens (including phenoxy) is 1. The molecule has 138 valence electrons. The highest BCUT2D eigenvalue weighted by molar-refractivity contribution is 5.85. The van der Waals surface area contributed by atoms with Gasteiger partial charge in [0.05, 0.1) is 13.2 Å². The third kappa shape index (κ3) is 4.45. The van der Waals surface area contributed by atoms with Crippen molar-refractivity contribution < 1.29 is 17.9 Å². The monoisotopic (exact) mass is 376 g/mol. The zero-order valence-electron chi connectivity index (χ0n) is 13.6. The predicted octanol–water partition coefficient (Wildman–Crippen LogP) is 3.01. The van der Waals surface area contributed by atoms with Gasteiger partial charge in [-0.25, -0.2) is 0 Å². The van der Waals surface area contributed by atoms with Crippen molar-refractivity contribution in [1.29, 1.82) is 0 Å². The quantitative estimate of drug-likeness (QED) is 0.861. The number of hydrogen-bond acceptors (Lipinski definition) is 4. The van der Waals surface area contributed by atoms with E-state index in [0.717, 1.165) is 30.5 Å². The van der Waals surface area contributed by atoms with Gasteiger partial charge in [-0.15, -0.1) is 12.4 Å². The summed E-state index contributed by atoms with van der Waals surface area (Å²) in [5.74, 6) is 0.775. The summed E-state index contributed by atoms with van der Waals surface area (Å²) < 4.78 is 43.5. The second kappa shape index (κ2) is 8.07. The summed E-state index contributed by atoms with van der Waals surface area (Å²) in [5.41, 5.74) is 0.577. The molecule has 1 aromatic carbocycles. The first-order chi connectivity index (χ1) is 11.5. The number of benzene rings is 1. The summed E-state index contributed by atoms with van der Waals surface area (Å²) in [7, 11) is 1.62. The smallest absolute Gasteiger partial charge is 0.435 e. The third-order valence-electron chi connectivity index (χ3n) is 4.15. The van der Waals surface area contributed by atoms with E-state index in [1.165, 1.54) is 0 Å². The van der Waals surface area contributed by atoms with E-state index in [-0.39, 0.29) is 18.4 Å². The number of para-hydroxylation sites is 1. The zero-order chi connectivity index (χ0) is 17.2. The lowest BCUT2D eigenvalue weighted by Gasteiger charge is -2.36. The molecule has 1 aliphatic rings. The van der Waals surface area contributed by atoms with Crippen LogP contribution in [0.2, 0.25) is 0 Å². The number of H-pyrrole nitrogens is 1. The van der Waals surface area contributed by atoms with Gasteiger partial charge in [0.1, 0.15) is 5.75 Å². The molecule has 1 aromatic heterocycles. The Morgan fingerprint density at radius 3 is 2.76 bits per heavy atom. The standard InChI is InChI=1S/C16H19F3N4O.ClH/c1-24-14-5-3-2-4-12(14)13-9-20-6-7-23(13)10-11-8-15(22-21-11)16(17,18)19;/h2-5,8,13,20H,6-7,9-10H2,1H3,(H,21,22);1H. The van der Waals surface area contributed by atoms with Gasteiger partial charge < -0.3 is 10.1 Å². The molecule has 0 saturated carbocycles. The Morgan fingerprint density at radius 2 is 2.08 bits per heavy atom. The van der Waals surface area contributed by atoms with Crippen molar-refractivity contribution in [3.8, 4) is 5.75 Å². The Morgan fingerprint density at radius 1 is 1.32 bits per heavy atom. The van der Waals surface area contributed by atoms with Gasteiger partial charge in [-0.3, -0.25) is 10.00 Å². The molecule has 0 aliphatic carbocycles. The summed E-state index contributed by atoms with van der Waals surface area (Å²) in [5, 5.41) is 9.19. The molecule has 0 radical (unpaired) electrons. The lowest BCUT2D eigenvalue weighted by atomic mass is 10.0. The highest BCUT2D eigenvalue weighted by Gasteiger charge is 2.34. The molecule has 2 heterocycles. The summed E-state index contributed by atoms with van der Waals surface area (Å²) in [6, 6.07) is 8.79. The lowest BCUT2D eigenvalue weighted by Crippen LogP contribution is -2.45. The van der Waals surface area contributed by atoms with Gasteiger partial charge in [-0.2, -0.15) is 18.3 Å². The first-order valence-corrected chi connectivity index (χ1v) is 7.68. The summed E-state index contributed by atoms with van der Waals surface area (Å²) in [6.45, 7) is 2.59. The fourth-order valence-electron chi connectivity index (χ4n) is 2.99. The van der Waals surface area contributed by atoms with E-state index in [0.29, 0.717) is 18.8 Å². The molecule has 0 bridgehead atoms. The van der Waals surface area contributed by atoms with Crippen LogP contribution in [0.25, 0.3) is 0 Å². The molecule has 1 aliphatic heterocycles. The zero-order valence-corrected chi connectivity index (χ0v) is 14.5. The molecule has 0 spiro atoms. The third-order valence-corrected chi connectivity index (χ3v) is 4.15. The maximum Gasteiger partial charge on any atom is 0.435 e. The van der Waals surface area contributed by atoms with Crippen LogP contribution in [0.1, 0.15) is 23.0 Å². The molecule has 2 aromatic rings. The molecule has 9 heteroatoms. The summed E-state index contributed by atoms with van der Waals surface area (Å²) in [6.07, 6.45) is -4.43. The van der Waals surface area contributed by atoms with Crippen LogP contribution in [0.5, 0.6) is 5.75 Å². The number of nitrogens with one attached hydrogen (secondary N) is 2. The Labute approximate surface area is 150 Å². The molecule has 1 atom stereocenters. The molecule has 0 amide bonds. The highest BCUT2D eigenvalue weighted by Crippen LogP contribution is 2.32. The number of aromatic amines is 1. The minimum absolute atomic E-state index is 0. The first-order valence-electron chi connectivity index (χ1n) is 7.68. The van der Waals surface area contributed by atoms with Crippen molar-refractivity contribution in [1.82, 2.24) is 20.4 Å². The minimum Gasteiger partial charge on any atom is -0.496 e. The van der Waals surface area contributed by atoms with Gasteiger partial charge in [0.15, 0.2) is 5.69 Å². The Kier molecular flexibility index (Phi) is 6.31. The lowest BCUT2D eigenvalue weighted by molar-refractivity contribution is -0.141. The maximum absolute atomic E-state index is 12.7. The van der Waals surface area contributed by atoms with Crippen LogP contribution < -0.4 is 10.1 Å². The fourth-order valence-corrected chi connectivity index (χ4v) is 2.99.